The van der Waals surface area contributed by atoms with Gasteiger partial charge in [-0.3, -0.25) is 29.8 Å². The van der Waals surface area contributed by atoms with Crippen molar-refractivity contribution in [2.75, 3.05) is 0 Å². The van der Waals surface area contributed by atoms with Gasteiger partial charge in [0.25, 0.3) is 11.4 Å². The molecule has 5 rings (SSSR count). The standard InChI is InChI=1S/C20H12Cl2N2O6/c21-19-13(9-1-5-11(6-2-9)23(27)28)15(19)17(25)20(22)14(16(20)18(19)26)10-3-7-12(8-4-10)24(29)30/h1-8,13-16H. The molecule has 3 saturated carbocycles. The first-order valence-electron chi connectivity index (χ1n) is 9.08. The molecule has 0 spiro atoms. The molecule has 2 aromatic carbocycles. The van der Waals surface area contributed by atoms with E-state index in [4.69, 9.17) is 23.2 Å². The fourth-order valence-corrected chi connectivity index (χ4v) is 6.03. The lowest BCUT2D eigenvalue weighted by Crippen LogP contribution is -2.37. The highest BCUT2D eigenvalue weighted by Gasteiger charge is 2.88. The summed E-state index contributed by atoms with van der Waals surface area (Å²) >= 11 is 13.3. The van der Waals surface area contributed by atoms with Gasteiger partial charge in [0.05, 0.1) is 21.7 Å². The average molecular weight is 447 g/mol. The number of carbonyl (C=O) groups excluding carboxylic acids is 2. The third-order valence-corrected chi connectivity index (χ3v) is 7.82. The topological polar surface area (TPSA) is 120 Å². The number of fused-ring (bicyclic) bond motifs is 2. The van der Waals surface area contributed by atoms with E-state index in [2.05, 4.69) is 0 Å². The van der Waals surface area contributed by atoms with Gasteiger partial charge in [-0.05, 0) is 11.1 Å². The van der Waals surface area contributed by atoms with Gasteiger partial charge in [0.1, 0.15) is 9.75 Å². The molecule has 0 heterocycles. The highest BCUT2D eigenvalue weighted by atomic mass is 35.5. The van der Waals surface area contributed by atoms with Crippen LogP contribution >= 0.6 is 23.2 Å². The molecule has 8 nitrogen and oxygen atoms in total. The molecule has 0 amide bonds. The number of alkyl halides is 2. The molecule has 3 fully saturated rings. The van der Waals surface area contributed by atoms with E-state index in [1.54, 1.807) is 0 Å². The van der Waals surface area contributed by atoms with Crippen molar-refractivity contribution in [1.82, 2.24) is 0 Å². The van der Waals surface area contributed by atoms with Crippen molar-refractivity contribution in [3.05, 3.63) is 79.9 Å². The number of nitro benzene ring substituents is 2. The predicted molar refractivity (Wildman–Crippen MR) is 106 cm³/mol. The van der Waals surface area contributed by atoms with E-state index >= 15 is 0 Å². The van der Waals surface area contributed by atoms with Crippen LogP contribution in [0, 0.1) is 32.1 Å². The Morgan fingerprint density at radius 2 is 0.933 bits per heavy atom. The van der Waals surface area contributed by atoms with Crippen molar-refractivity contribution in [1.29, 1.82) is 0 Å². The van der Waals surface area contributed by atoms with Crippen LogP contribution < -0.4 is 0 Å². The summed E-state index contributed by atoms with van der Waals surface area (Å²) in [5, 5.41) is 21.7. The van der Waals surface area contributed by atoms with Gasteiger partial charge in [0.2, 0.25) is 0 Å². The molecule has 0 aromatic heterocycles. The number of nitrogens with zero attached hydrogens (tertiary/aromatic N) is 2. The quantitative estimate of drug-likeness (QED) is 0.400. The van der Waals surface area contributed by atoms with E-state index < -0.39 is 43.3 Å². The molecule has 3 aliphatic carbocycles. The van der Waals surface area contributed by atoms with E-state index in [0.29, 0.717) is 11.1 Å². The number of hydrogen-bond donors (Lipinski definition) is 0. The second kappa shape index (κ2) is 5.86. The molecule has 0 N–H and O–H groups in total. The SMILES string of the molecule is O=C1C2C(c3ccc([N+](=O)[O-])cc3)C2(Cl)C(=O)C2C(c3ccc([N+](=O)[O-])cc3)C12Cl. The lowest BCUT2D eigenvalue weighted by molar-refractivity contribution is -0.385. The van der Waals surface area contributed by atoms with Crippen LogP contribution in [0.4, 0.5) is 11.4 Å². The minimum atomic E-state index is -1.41. The zero-order chi connectivity index (χ0) is 21.6. The minimum absolute atomic E-state index is 0.0986. The molecule has 30 heavy (non-hydrogen) atoms. The summed E-state index contributed by atoms with van der Waals surface area (Å²) in [6.07, 6.45) is 0. The van der Waals surface area contributed by atoms with Crippen molar-refractivity contribution in [2.45, 2.75) is 21.6 Å². The van der Waals surface area contributed by atoms with Crippen molar-refractivity contribution in [3.63, 3.8) is 0 Å². The molecule has 10 heteroatoms. The normalized spacial score (nSPS) is 35.9. The summed E-state index contributed by atoms with van der Waals surface area (Å²) in [5.74, 6) is -3.41. The first-order chi connectivity index (χ1) is 14.1. The van der Waals surface area contributed by atoms with Gasteiger partial charge in [-0.1, -0.05) is 24.3 Å². The number of rotatable bonds is 4. The maximum atomic E-state index is 13.2. The number of hydrogen-bond acceptors (Lipinski definition) is 6. The highest BCUT2D eigenvalue weighted by Crippen LogP contribution is 2.78. The average Bonchev–Trinajstić information content (AvgIpc) is 3.57. The van der Waals surface area contributed by atoms with Crippen LogP contribution in [0.3, 0.4) is 0 Å². The van der Waals surface area contributed by atoms with Crippen LogP contribution in [0.2, 0.25) is 0 Å². The summed E-state index contributed by atoms with van der Waals surface area (Å²) in [6.45, 7) is 0. The second-order valence-corrected chi connectivity index (χ2v) is 9.12. The Labute approximate surface area is 179 Å². The summed E-state index contributed by atoms with van der Waals surface area (Å²) in [6, 6.07) is 11.3. The van der Waals surface area contributed by atoms with Crippen molar-refractivity contribution >= 4 is 46.1 Å². The third-order valence-electron chi connectivity index (χ3n) is 6.51. The number of carbonyl (C=O) groups is 2. The zero-order valence-electron chi connectivity index (χ0n) is 15.0. The number of ketones is 2. The van der Waals surface area contributed by atoms with Gasteiger partial charge in [0.15, 0.2) is 11.6 Å². The minimum Gasteiger partial charge on any atom is -0.297 e. The third kappa shape index (κ3) is 2.23. The van der Waals surface area contributed by atoms with E-state index in [9.17, 15) is 29.8 Å². The maximum absolute atomic E-state index is 13.2. The monoisotopic (exact) mass is 446 g/mol. The first kappa shape index (κ1) is 19.1. The zero-order valence-corrected chi connectivity index (χ0v) is 16.5. The molecule has 2 aromatic rings. The van der Waals surface area contributed by atoms with Gasteiger partial charge in [-0.25, -0.2) is 0 Å². The van der Waals surface area contributed by atoms with Crippen molar-refractivity contribution in [3.8, 4) is 0 Å². The van der Waals surface area contributed by atoms with Crippen LogP contribution in [-0.2, 0) is 9.59 Å². The molecule has 3 aliphatic rings. The first-order valence-corrected chi connectivity index (χ1v) is 9.84. The van der Waals surface area contributed by atoms with Crippen LogP contribution in [0.25, 0.3) is 0 Å². The summed E-state index contributed by atoms with van der Waals surface area (Å²) < 4.78 is 0. The second-order valence-electron chi connectivity index (χ2n) is 7.87. The van der Waals surface area contributed by atoms with Gasteiger partial charge < -0.3 is 0 Å². The maximum Gasteiger partial charge on any atom is 0.269 e. The highest BCUT2D eigenvalue weighted by molar-refractivity contribution is 6.52. The Balaban J connectivity index is 1.46. The Bertz CT molecular complexity index is 1060. The lowest BCUT2D eigenvalue weighted by Gasteiger charge is -2.16. The number of non-ortho nitro benzene ring substituents is 2. The van der Waals surface area contributed by atoms with Crippen LogP contribution in [0.1, 0.15) is 23.0 Å². The molecule has 0 aliphatic heterocycles. The van der Waals surface area contributed by atoms with E-state index in [-0.39, 0.29) is 22.9 Å². The van der Waals surface area contributed by atoms with Gasteiger partial charge in [-0.2, -0.15) is 0 Å². The van der Waals surface area contributed by atoms with Crippen LogP contribution in [0.5, 0.6) is 0 Å². The molecular formula is C20H12Cl2N2O6. The molecule has 6 unspecified atom stereocenters. The Morgan fingerprint density at radius 1 is 0.633 bits per heavy atom. The predicted octanol–water partition coefficient (Wildman–Crippen LogP) is 3.74. The number of halogens is 2. The summed E-state index contributed by atoms with van der Waals surface area (Å²) in [7, 11) is 0. The smallest absolute Gasteiger partial charge is 0.269 e. The Morgan fingerprint density at radius 3 is 1.20 bits per heavy atom. The van der Waals surface area contributed by atoms with Gasteiger partial charge in [0, 0.05) is 36.1 Å². The number of Topliss-reactive ketones (excluding diaryl/α,β-unsaturated/α-hetero) is 2. The van der Waals surface area contributed by atoms with E-state index in [1.165, 1.54) is 48.5 Å². The Hall–Kier alpha value is -2.84. The fraction of sp³-hybridized carbons (Fsp3) is 0.300. The largest absolute Gasteiger partial charge is 0.297 e. The molecule has 0 radical (unpaired) electrons. The number of benzene rings is 2. The Kier molecular flexibility index (Phi) is 3.74. The number of nitro groups is 2. The van der Waals surface area contributed by atoms with Crippen molar-refractivity contribution in [2.24, 2.45) is 11.8 Å². The van der Waals surface area contributed by atoms with Crippen molar-refractivity contribution < 1.29 is 19.4 Å². The fourth-order valence-electron chi connectivity index (χ4n) is 4.97. The lowest BCUT2D eigenvalue weighted by atomic mass is 9.97. The molecular weight excluding hydrogens is 435 g/mol. The molecule has 0 saturated heterocycles. The molecule has 0 bridgehead atoms. The van der Waals surface area contributed by atoms with E-state index in [0.717, 1.165) is 0 Å². The van der Waals surface area contributed by atoms with Crippen LogP contribution in [-0.4, -0.2) is 31.2 Å². The summed E-state index contributed by atoms with van der Waals surface area (Å²) in [5.41, 5.74) is 0.962. The van der Waals surface area contributed by atoms with Gasteiger partial charge in [-0.15, -0.1) is 23.2 Å². The van der Waals surface area contributed by atoms with Crippen LogP contribution in [0.15, 0.2) is 48.5 Å². The van der Waals surface area contributed by atoms with Gasteiger partial charge >= 0.3 is 0 Å². The summed E-state index contributed by atoms with van der Waals surface area (Å²) in [4.78, 5) is 44.2. The molecule has 6 atom stereocenters. The molecule has 152 valence electrons. The van der Waals surface area contributed by atoms with E-state index in [1.807, 2.05) is 0 Å².